The molecule has 3 aromatic rings. The van der Waals surface area contributed by atoms with E-state index in [4.69, 9.17) is 9.47 Å². The van der Waals surface area contributed by atoms with Gasteiger partial charge in [0.1, 0.15) is 5.01 Å². The molecule has 0 fully saturated rings. The van der Waals surface area contributed by atoms with Crippen LogP contribution in [0.1, 0.15) is 25.7 Å². The second kappa shape index (κ2) is 10.2. The summed E-state index contributed by atoms with van der Waals surface area (Å²) in [5.74, 6) is 0.505. The fourth-order valence-electron chi connectivity index (χ4n) is 2.57. The molecule has 0 radical (unpaired) electrons. The summed E-state index contributed by atoms with van der Waals surface area (Å²) < 4.78 is 11.2. The number of anilines is 1. The predicted molar refractivity (Wildman–Crippen MR) is 118 cm³/mol. The Morgan fingerprint density at radius 3 is 2.50 bits per heavy atom. The van der Waals surface area contributed by atoms with Gasteiger partial charge in [-0.3, -0.25) is 14.9 Å². The van der Waals surface area contributed by atoms with E-state index in [1.807, 2.05) is 6.07 Å². The predicted octanol–water partition coefficient (Wildman–Crippen LogP) is 3.54. The monoisotopic (exact) mass is 490 g/mol. The topological polar surface area (TPSA) is 102 Å². The molecular formula is C20H19BrN4O4S. The van der Waals surface area contributed by atoms with Crippen LogP contribution in [0.25, 0.3) is 0 Å². The fraction of sp³-hybridized carbons (Fsp3) is 0.200. The molecule has 0 unspecified atom stereocenters. The first kappa shape index (κ1) is 21.7. The molecule has 30 heavy (non-hydrogen) atoms. The Kier molecular flexibility index (Phi) is 7.36. The van der Waals surface area contributed by atoms with Crippen LogP contribution in [0.4, 0.5) is 5.13 Å². The maximum atomic E-state index is 12.4. The molecule has 2 aromatic carbocycles. The lowest BCUT2D eigenvalue weighted by molar-refractivity contribution is 0.0953. The van der Waals surface area contributed by atoms with Crippen LogP contribution in [0.5, 0.6) is 11.5 Å². The zero-order valence-electron chi connectivity index (χ0n) is 16.3. The first-order valence-electron chi connectivity index (χ1n) is 8.89. The summed E-state index contributed by atoms with van der Waals surface area (Å²) in [4.78, 5) is 24.6. The molecule has 0 saturated carbocycles. The molecular weight excluding hydrogens is 472 g/mol. The molecule has 2 amide bonds. The number of carbonyl (C=O) groups is 2. The average Bonchev–Trinajstić information content (AvgIpc) is 3.20. The molecule has 2 N–H and O–H groups in total. The Balaban J connectivity index is 1.53. The highest BCUT2D eigenvalue weighted by atomic mass is 79.9. The van der Waals surface area contributed by atoms with Crippen LogP contribution in [0.2, 0.25) is 0 Å². The van der Waals surface area contributed by atoms with Crippen molar-refractivity contribution in [1.29, 1.82) is 0 Å². The SMILES string of the molecule is COc1ccc(C(=O)Nc2nnc(CCNC(=O)c3cccc(Br)c3)s2)cc1OC. The van der Waals surface area contributed by atoms with Crippen LogP contribution < -0.4 is 20.1 Å². The molecule has 0 saturated heterocycles. The fourth-order valence-corrected chi connectivity index (χ4v) is 3.70. The quantitative estimate of drug-likeness (QED) is 0.500. The van der Waals surface area contributed by atoms with Crippen LogP contribution >= 0.6 is 27.3 Å². The Hall–Kier alpha value is -2.98. The Labute approximate surface area is 185 Å². The zero-order valence-corrected chi connectivity index (χ0v) is 18.7. The number of amides is 2. The van der Waals surface area contributed by atoms with E-state index >= 15 is 0 Å². The van der Waals surface area contributed by atoms with E-state index in [1.54, 1.807) is 36.4 Å². The van der Waals surface area contributed by atoms with Crippen LogP contribution in [-0.2, 0) is 6.42 Å². The highest BCUT2D eigenvalue weighted by molar-refractivity contribution is 9.10. The van der Waals surface area contributed by atoms with Crippen molar-refractivity contribution in [3.63, 3.8) is 0 Å². The van der Waals surface area contributed by atoms with Gasteiger partial charge in [0.2, 0.25) is 5.13 Å². The van der Waals surface area contributed by atoms with Crippen molar-refractivity contribution in [2.75, 3.05) is 26.1 Å². The van der Waals surface area contributed by atoms with Crippen LogP contribution in [0.3, 0.4) is 0 Å². The van der Waals surface area contributed by atoms with Gasteiger partial charge in [-0.25, -0.2) is 0 Å². The number of hydrogen-bond acceptors (Lipinski definition) is 7. The number of rotatable bonds is 8. The van der Waals surface area contributed by atoms with Crippen LogP contribution in [0.15, 0.2) is 46.9 Å². The number of aromatic nitrogens is 2. The molecule has 156 valence electrons. The number of hydrogen-bond donors (Lipinski definition) is 2. The summed E-state index contributed by atoms with van der Waals surface area (Å²) in [5.41, 5.74) is 0.982. The molecule has 0 atom stereocenters. The van der Waals surface area contributed by atoms with Gasteiger partial charge in [-0.1, -0.05) is 33.3 Å². The third-order valence-electron chi connectivity index (χ3n) is 4.04. The van der Waals surface area contributed by atoms with E-state index in [9.17, 15) is 9.59 Å². The van der Waals surface area contributed by atoms with Crippen LogP contribution in [-0.4, -0.2) is 42.8 Å². The third-order valence-corrected chi connectivity index (χ3v) is 5.44. The molecule has 0 spiro atoms. The van der Waals surface area contributed by atoms with Crippen molar-refractivity contribution in [3.05, 3.63) is 63.1 Å². The van der Waals surface area contributed by atoms with Gasteiger partial charge in [-0.05, 0) is 36.4 Å². The van der Waals surface area contributed by atoms with Gasteiger partial charge in [-0.15, -0.1) is 10.2 Å². The van der Waals surface area contributed by atoms with Gasteiger partial charge in [0.05, 0.1) is 14.2 Å². The summed E-state index contributed by atoms with van der Waals surface area (Å²) in [6.07, 6.45) is 0.504. The molecule has 3 rings (SSSR count). The number of benzene rings is 2. The first-order valence-corrected chi connectivity index (χ1v) is 10.5. The van der Waals surface area contributed by atoms with E-state index < -0.39 is 0 Å². The van der Waals surface area contributed by atoms with Crippen molar-refractivity contribution >= 4 is 44.2 Å². The van der Waals surface area contributed by atoms with E-state index in [2.05, 4.69) is 36.8 Å². The van der Waals surface area contributed by atoms with Crippen molar-refractivity contribution in [2.24, 2.45) is 0 Å². The maximum Gasteiger partial charge on any atom is 0.257 e. The summed E-state index contributed by atoms with van der Waals surface area (Å²) in [7, 11) is 3.04. The maximum absolute atomic E-state index is 12.4. The highest BCUT2D eigenvalue weighted by Gasteiger charge is 2.14. The number of ether oxygens (including phenoxy) is 2. The third kappa shape index (κ3) is 5.55. The van der Waals surface area contributed by atoms with E-state index in [0.717, 1.165) is 4.47 Å². The summed E-state index contributed by atoms with van der Waals surface area (Å²) in [6, 6.07) is 12.0. The molecule has 0 aliphatic heterocycles. The molecule has 1 heterocycles. The van der Waals surface area contributed by atoms with Gasteiger partial charge in [0.15, 0.2) is 11.5 Å². The van der Waals surface area contributed by atoms with Gasteiger partial charge in [-0.2, -0.15) is 0 Å². The molecule has 0 bridgehead atoms. The van der Waals surface area contributed by atoms with Crippen molar-refractivity contribution in [2.45, 2.75) is 6.42 Å². The lowest BCUT2D eigenvalue weighted by Gasteiger charge is -2.08. The smallest absolute Gasteiger partial charge is 0.257 e. The minimum absolute atomic E-state index is 0.164. The van der Waals surface area contributed by atoms with Crippen molar-refractivity contribution in [3.8, 4) is 11.5 Å². The second-order valence-electron chi connectivity index (χ2n) is 6.04. The molecule has 1 aromatic heterocycles. The molecule has 0 aliphatic carbocycles. The summed E-state index contributed by atoms with van der Waals surface area (Å²) in [5, 5.41) is 14.7. The number of nitrogens with zero attached hydrogens (tertiary/aromatic N) is 2. The largest absolute Gasteiger partial charge is 0.493 e. The lowest BCUT2D eigenvalue weighted by Crippen LogP contribution is -2.25. The summed E-state index contributed by atoms with van der Waals surface area (Å²) >= 11 is 4.60. The zero-order chi connectivity index (χ0) is 21.5. The highest BCUT2D eigenvalue weighted by Crippen LogP contribution is 2.28. The van der Waals surface area contributed by atoms with Crippen molar-refractivity contribution in [1.82, 2.24) is 15.5 Å². The van der Waals surface area contributed by atoms with E-state index in [-0.39, 0.29) is 11.8 Å². The minimum atomic E-state index is -0.332. The van der Waals surface area contributed by atoms with E-state index in [0.29, 0.717) is 45.7 Å². The lowest BCUT2D eigenvalue weighted by atomic mass is 10.2. The molecule has 0 aliphatic rings. The Morgan fingerprint density at radius 2 is 1.77 bits per heavy atom. The van der Waals surface area contributed by atoms with Gasteiger partial charge in [0, 0.05) is 28.6 Å². The number of nitrogens with one attached hydrogen (secondary N) is 2. The number of methoxy groups -OCH3 is 2. The van der Waals surface area contributed by atoms with Crippen LogP contribution in [0, 0.1) is 0 Å². The second-order valence-corrected chi connectivity index (χ2v) is 8.02. The van der Waals surface area contributed by atoms with E-state index in [1.165, 1.54) is 25.6 Å². The Morgan fingerprint density at radius 1 is 1.00 bits per heavy atom. The van der Waals surface area contributed by atoms with Gasteiger partial charge in [0.25, 0.3) is 11.8 Å². The first-order chi connectivity index (χ1) is 14.5. The number of halogens is 1. The minimum Gasteiger partial charge on any atom is -0.493 e. The Bertz CT molecular complexity index is 1060. The normalized spacial score (nSPS) is 10.4. The van der Waals surface area contributed by atoms with Gasteiger partial charge >= 0.3 is 0 Å². The summed E-state index contributed by atoms with van der Waals surface area (Å²) in [6.45, 7) is 0.406. The molecule has 10 heteroatoms. The standard InChI is InChI=1S/C20H19BrN4O4S/c1-28-15-7-6-13(11-16(15)29-2)19(27)23-20-25-24-17(30-20)8-9-22-18(26)12-4-3-5-14(21)10-12/h3-7,10-11H,8-9H2,1-2H3,(H,22,26)(H,23,25,27). The average molecular weight is 491 g/mol. The van der Waals surface area contributed by atoms with Gasteiger partial charge < -0.3 is 14.8 Å². The molecule has 8 nitrogen and oxygen atoms in total. The van der Waals surface area contributed by atoms with Crippen molar-refractivity contribution < 1.29 is 19.1 Å². The number of carbonyl (C=O) groups excluding carboxylic acids is 2.